The maximum absolute atomic E-state index is 11.9. The second-order valence-corrected chi connectivity index (χ2v) is 4.67. The summed E-state index contributed by atoms with van der Waals surface area (Å²) in [5.41, 5.74) is 5.72. The molecule has 7 nitrogen and oxygen atoms in total. The molecule has 7 heteroatoms. The van der Waals surface area contributed by atoms with Crippen LogP contribution in [0.1, 0.15) is 25.6 Å². The number of hydrogen-bond donors (Lipinski definition) is 2. The molecule has 2 rings (SSSR count). The molecule has 1 amide bonds. The van der Waals surface area contributed by atoms with Crippen LogP contribution in [0.3, 0.4) is 0 Å². The highest BCUT2D eigenvalue weighted by atomic mass is 16.5. The van der Waals surface area contributed by atoms with E-state index in [1.807, 2.05) is 11.8 Å². The van der Waals surface area contributed by atoms with Crippen molar-refractivity contribution in [3.8, 4) is 0 Å². The van der Waals surface area contributed by atoms with Gasteiger partial charge >= 0.3 is 0 Å². The van der Waals surface area contributed by atoms with E-state index in [-0.39, 0.29) is 12.5 Å². The number of anilines is 2. The van der Waals surface area contributed by atoms with E-state index in [0.29, 0.717) is 30.7 Å². The van der Waals surface area contributed by atoms with E-state index in [1.54, 1.807) is 6.07 Å². The summed E-state index contributed by atoms with van der Waals surface area (Å²) in [4.78, 5) is 22.1. The first kappa shape index (κ1) is 14.5. The van der Waals surface area contributed by atoms with Crippen molar-refractivity contribution in [2.75, 3.05) is 37.3 Å². The fourth-order valence-electron chi connectivity index (χ4n) is 2.11. The SMILES string of the molecule is CCOCc1nc(N)cc(NCC(=O)N2CCCC2)n1. The number of nitrogens with one attached hydrogen (secondary N) is 1. The standard InChI is InChI=1S/C13H21N5O2/c1-2-20-9-12-16-10(14)7-11(17-12)15-8-13(19)18-5-3-4-6-18/h7H,2-6,8-9H2,1H3,(H3,14,15,16,17). The second-order valence-electron chi connectivity index (χ2n) is 4.67. The van der Waals surface area contributed by atoms with Gasteiger partial charge in [-0.2, -0.15) is 0 Å². The molecule has 1 aliphatic heterocycles. The zero-order chi connectivity index (χ0) is 14.4. The van der Waals surface area contributed by atoms with Crippen molar-refractivity contribution in [2.24, 2.45) is 0 Å². The smallest absolute Gasteiger partial charge is 0.241 e. The molecule has 0 spiro atoms. The Labute approximate surface area is 118 Å². The average Bonchev–Trinajstić information content (AvgIpc) is 2.96. The number of carbonyl (C=O) groups is 1. The highest BCUT2D eigenvalue weighted by Gasteiger charge is 2.17. The van der Waals surface area contributed by atoms with Crippen molar-refractivity contribution in [3.63, 3.8) is 0 Å². The van der Waals surface area contributed by atoms with Gasteiger partial charge in [0.25, 0.3) is 0 Å². The molecule has 0 aliphatic carbocycles. The summed E-state index contributed by atoms with van der Waals surface area (Å²) in [5.74, 6) is 1.53. The van der Waals surface area contributed by atoms with Gasteiger partial charge in [0.15, 0.2) is 5.82 Å². The van der Waals surface area contributed by atoms with Gasteiger partial charge in [0.2, 0.25) is 5.91 Å². The Kier molecular flexibility index (Phi) is 5.11. The molecule has 110 valence electrons. The van der Waals surface area contributed by atoms with Crippen LogP contribution in [0.15, 0.2) is 6.07 Å². The van der Waals surface area contributed by atoms with Crippen LogP contribution < -0.4 is 11.1 Å². The first-order chi connectivity index (χ1) is 9.69. The molecular formula is C13H21N5O2. The molecule has 20 heavy (non-hydrogen) atoms. The van der Waals surface area contributed by atoms with Crippen LogP contribution in [0.5, 0.6) is 0 Å². The summed E-state index contributed by atoms with van der Waals surface area (Å²) in [7, 11) is 0. The molecule has 0 aromatic carbocycles. The number of nitrogens with two attached hydrogens (primary N) is 1. The summed E-state index contributed by atoms with van der Waals surface area (Å²) < 4.78 is 5.25. The molecule has 1 aromatic rings. The monoisotopic (exact) mass is 279 g/mol. The van der Waals surface area contributed by atoms with Crippen molar-refractivity contribution < 1.29 is 9.53 Å². The van der Waals surface area contributed by atoms with Gasteiger partial charge in [0.05, 0.1) is 6.54 Å². The minimum absolute atomic E-state index is 0.0889. The average molecular weight is 279 g/mol. The third-order valence-electron chi connectivity index (χ3n) is 3.11. The van der Waals surface area contributed by atoms with Gasteiger partial charge < -0.3 is 20.7 Å². The summed E-state index contributed by atoms with van der Waals surface area (Å²) in [6.07, 6.45) is 2.18. The Hall–Kier alpha value is -1.89. The largest absolute Gasteiger partial charge is 0.384 e. The van der Waals surface area contributed by atoms with Gasteiger partial charge in [-0.25, -0.2) is 9.97 Å². The maximum Gasteiger partial charge on any atom is 0.241 e. The number of nitrogens with zero attached hydrogens (tertiary/aromatic N) is 3. The van der Waals surface area contributed by atoms with Crippen LogP contribution >= 0.6 is 0 Å². The van der Waals surface area contributed by atoms with E-state index >= 15 is 0 Å². The van der Waals surface area contributed by atoms with Crippen LogP contribution in [-0.2, 0) is 16.1 Å². The Morgan fingerprint density at radius 3 is 2.90 bits per heavy atom. The number of aromatic nitrogens is 2. The van der Waals surface area contributed by atoms with Crippen molar-refractivity contribution >= 4 is 17.5 Å². The van der Waals surface area contributed by atoms with Crippen molar-refractivity contribution in [2.45, 2.75) is 26.4 Å². The lowest BCUT2D eigenvalue weighted by Gasteiger charge is -2.16. The van der Waals surface area contributed by atoms with E-state index < -0.39 is 0 Å². The van der Waals surface area contributed by atoms with Gasteiger partial charge in [-0.3, -0.25) is 4.79 Å². The predicted octanol–water partition coefficient (Wildman–Crippen LogP) is 0.630. The van der Waals surface area contributed by atoms with Crippen LogP contribution in [-0.4, -0.2) is 47.0 Å². The first-order valence-corrected chi connectivity index (χ1v) is 6.92. The van der Waals surface area contributed by atoms with E-state index in [2.05, 4.69) is 15.3 Å². The zero-order valence-corrected chi connectivity index (χ0v) is 11.8. The molecule has 2 heterocycles. The summed E-state index contributed by atoms with van der Waals surface area (Å²) in [6, 6.07) is 1.62. The summed E-state index contributed by atoms with van der Waals surface area (Å²) >= 11 is 0. The third-order valence-corrected chi connectivity index (χ3v) is 3.11. The van der Waals surface area contributed by atoms with Crippen molar-refractivity contribution in [3.05, 3.63) is 11.9 Å². The number of carbonyl (C=O) groups excluding carboxylic acids is 1. The van der Waals surface area contributed by atoms with E-state index in [0.717, 1.165) is 25.9 Å². The van der Waals surface area contributed by atoms with Crippen molar-refractivity contribution in [1.82, 2.24) is 14.9 Å². The maximum atomic E-state index is 11.9. The van der Waals surface area contributed by atoms with Crippen LogP contribution in [0.4, 0.5) is 11.6 Å². The summed E-state index contributed by atoms with van der Waals surface area (Å²) in [6.45, 7) is 4.74. The topological polar surface area (TPSA) is 93.4 Å². The molecule has 0 bridgehead atoms. The lowest BCUT2D eigenvalue weighted by Crippen LogP contribution is -2.33. The van der Waals surface area contributed by atoms with Gasteiger partial charge in [0.1, 0.15) is 18.2 Å². The minimum Gasteiger partial charge on any atom is -0.384 e. The van der Waals surface area contributed by atoms with Gasteiger partial charge in [-0.1, -0.05) is 0 Å². The van der Waals surface area contributed by atoms with Crippen LogP contribution in [0, 0.1) is 0 Å². The minimum atomic E-state index is 0.0889. The third kappa shape index (κ3) is 4.06. The number of ether oxygens (including phenoxy) is 1. The van der Waals surface area contributed by atoms with Crippen molar-refractivity contribution in [1.29, 1.82) is 0 Å². The van der Waals surface area contributed by atoms with Crippen LogP contribution in [0.25, 0.3) is 0 Å². The number of amides is 1. The lowest BCUT2D eigenvalue weighted by molar-refractivity contribution is -0.128. The van der Waals surface area contributed by atoms with Gasteiger partial charge in [0, 0.05) is 25.8 Å². The predicted molar refractivity (Wildman–Crippen MR) is 76.1 cm³/mol. The van der Waals surface area contributed by atoms with Crippen LogP contribution in [0.2, 0.25) is 0 Å². The quantitative estimate of drug-likeness (QED) is 0.793. The molecule has 0 unspecified atom stereocenters. The molecule has 1 aromatic heterocycles. The van der Waals surface area contributed by atoms with Gasteiger partial charge in [-0.05, 0) is 19.8 Å². The fourth-order valence-corrected chi connectivity index (χ4v) is 2.11. The van der Waals surface area contributed by atoms with E-state index in [9.17, 15) is 4.79 Å². The number of hydrogen-bond acceptors (Lipinski definition) is 6. The Morgan fingerprint density at radius 1 is 1.45 bits per heavy atom. The first-order valence-electron chi connectivity index (χ1n) is 6.92. The number of rotatable bonds is 6. The van der Waals surface area contributed by atoms with E-state index in [4.69, 9.17) is 10.5 Å². The zero-order valence-electron chi connectivity index (χ0n) is 11.8. The number of likely N-dealkylation sites (tertiary alicyclic amines) is 1. The second kappa shape index (κ2) is 7.04. The molecule has 0 radical (unpaired) electrons. The molecule has 1 aliphatic rings. The molecule has 3 N–H and O–H groups in total. The highest BCUT2D eigenvalue weighted by molar-refractivity contribution is 5.80. The molecule has 1 saturated heterocycles. The normalized spacial score (nSPS) is 14.6. The van der Waals surface area contributed by atoms with E-state index in [1.165, 1.54) is 0 Å². The highest BCUT2D eigenvalue weighted by Crippen LogP contribution is 2.11. The Bertz CT molecular complexity index is 460. The number of nitrogen functional groups attached to an aromatic ring is 1. The summed E-state index contributed by atoms with van der Waals surface area (Å²) in [5, 5.41) is 3.00. The Morgan fingerprint density at radius 2 is 2.20 bits per heavy atom. The molecule has 1 fully saturated rings. The molecule has 0 saturated carbocycles. The molecular weight excluding hydrogens is 258 g/mol. The van der Waals surface area contributed by atoms with Gasteiger partial charge in [-0.15, -0.1) is 0 Å². The Balaban J connectivity index is 1.91. The fraction of sp³-hybridized carbons (Fsp3) is 0.615. The lowest BCUT2D eigenvalue weighted by atomic mass is 10.4. The molecule has 0 atom stereocenters.